The van der Waals surface area contributed by atoms with Crippen molar-refractivity contribution in [3.63, 3.8) is 0 Å². The Morgan fingerprint density at radius 1 is 1.39 bits per heavy atom. The summed E-state index contributed by atoms with van der Waals surface area (Å²) < 4.78 is 32.3. The van der Waals surface area contributed by atoms with Crippen LogP contribution in [0.1, 0.15) is 12.5 Å². The van der Waals surface area contributed by atoms with Crippen LogP contribution < -0.4 is 9.88 Å². The SMILES string of the molecule is COCc1cccc(OCC(C)CS(N)(=O)=O)c1. The van der Waals surface area contributed by atoms with Gasteiger partial charge in [0.25, 0.3) is 0 Å². The molecule has 0 aliphatic carbocycles. The fourth-order valence-corrected chi connectivity index (χ4v) is 2.46. The zero-order valence-electron chi connectivity index (χ0n) is 10.6. The lowest BCUT2D eigenvalue weighted by Crippen LogP contribution is -2.25. The number of rotatable bonds is 7. The molecule has 0 bridgehead atoms. The second-order valence-corrected chi connectivity index (χ2v) is 5.99. The van der Waals surface area contributed by atoms with Crippen LogP contribution in [-0.4, -0.2) is 27.9 Å². The van der Waals surface area contributed by atoms with Crippen molar-refractivity contribution < 1.29 is 17.9 Å². The van der Waals surface area contributed by atoms with Crippen LogP contribution in [0, 0.1) is 5.92 Å². The summed E-state index contributed by atoms with van der Waals surface area (Å²) in [5.74, 6) is 0.474. The van der Waals surface area contributed by atoms with Crippen molar-refractivity contribution in [2.24, 2.45) is 11.1 Å². The van der Waals surface area contributed by atoms with Crippen molar-refractivity contribution in [1.29, 1.82) is 0 Å². The Hall–Kier alpha value is -1.11. The van der Waals surface area contributed by atoms with E-state index >= 15 is 0 Å². The summed E-state index contributed by atoms with van der Waals surface area (Å²) in [4.78, 5) is 0. The number of primary sulfonamides is 1. The summed E-state index contributed by atoms with van der Waals surface area (Å²) in [7, 11) is -1.82. The molecule has 1 unspecified atom stereocenters. The first-order valence-corrected chi connectivity index (χ1v) is 7.33. The highest BCUT2D eigenvalue weighted by Gasteiger charge is 2.11. The molecule has 0 saturated carbocycles. The molecule has 0 aliphatic heterocycles. The van der Waals surface area contributed by atoms with Gasteiger partial charge < -0.3 is 9.47 Å². The van der Waals surface area contributed by atoms with Crippen LogP contribution in [0.3, 0.4) is 0 Å². The molecule has 5 nitrogen and oxygen atoms in total. The Kier molecular flexibility index (Phi) is 5.58. The van der Waals surface area contributed by atoms with Gasteiger partial charge in [0.1, 0.15) is 5.75 Å². The van der Waals surface area contributed by atoms with Crippen LogP contribution in [0.15, 0.2) is 24.3 Å². The van der Waals surface area contributed by atoms with Crippen molar-refractivity contribution in [3.8, 4) is 5.75 Å². The molecule has 102 valence electrons. The van der Waals surface area contributed by atoms with Gasteiger partial charge in [0.2, 0.25) is 10.0 Å². The smallest absolute Gasteiger partial charge is 0.209 e. The van der Waals surface area contributed by atoms with E-state index in [1.165, 1.54) is 0 Å². The maximum Gasteiger partial charge on any atom is 0.209 e. The highest BCUT2D eigenvalue weighted by molar-refractivity contribution is 7.89. The van der Waals surface area contributed by atoms with Gasteiger partial charge in [-0.25, -0.2) is 13.6 Å². The third-order valence-electron chi connectivity index (χ3n) is 2.26. The third kappa shape index (κ3) is 6.00. The van der Waals surface area contributed by atoms with Gasteiger partial charge in [-0.15, -0.1) is 0 Å². The minimum atomic E-state index is -3.44. The van der Waals surface area contributed by atoms with Gasteiger partial charge in [0.15, 0.2) is 0 Å². The van der Waals surface area contributed by atoms with Crippen LogP contribution in [0.25, 0.3) is 0 Å². The summed E-state index contributed by atoms with van der Waals surface area (Å²) in [5.41, 5.74) is 1.01. The zero-order chi connectivity index (χ0) is 13.6. The molecule has 0 amide bonds. The Bertz CT molecular complexity index is 473. The predicted octanol–water partition coefficient (Wildman–Crippen LogP) is 1.14. The Balaban J connectivity index is 2.50. The first-order chi connectivity index (χ1) is 8.40. The van der Waals surface area contributed by atoms with Crippen LogP contribution >= 0.6 is 0 Å². The molecule has 1 aromatic carbocycles. The minimum Gasteiger partial charge on any atom is -0.493 e. The van der Waals surface area contributed by atoms with Crippen molar-refractivity contribution >= 4 is 10.0 Å². The maximum absolute atomic E-state index is 10.9. The molecule has 0 aromatic heterocycles. The monoisotopic (exact) mass is 273 g/mol. The summed E-state index contributed by atoms with van der Waals surface area (Å²) in [5, 5.41) is 4.97. The number of ether oxygens (including phenoxy) is 2. The normalized spacial score (nSPS) is 13.3. The number of sulfonamides is 1. The highest BCUT2D eigenvalue weighted by atomic mass is 32.2. The fourth-order valence-electron chi connectivity index (χ4n) is 1.57. The molecule has 0 saturated heterocycles. The number of benzene rings is 1. The zero-order valence-corrected chi connectivity index (χ0v) is 11.4. The maximum atomic E-state index is 10.9. The van der Waals surface area contributed by atoms with Crippen molar-refractivity contribution in [3.05, 3.63) is 29.8 Å². The molecule has 0 aliphatic rings. The third-order valence-corrected chi connectivity index (χ3v) is 3.29. The van der Waals surface area contributed by atoms with E-state index in [-0.39, 0.29) is 11.7 Å². The summed E-state index contributed by atoms with van der Waals surface area (Å²) in [6, 6.07) is 7.49. The average molecular weight is 273 g/mol. The summed E-state index contributed by atoms with van der Waals surface area (Å²) >= 11 is 0. The van der Waals surface area contributed by atoms with Crippen LogP contribution in [0.2, 0.25) is 0 Å². The largest absolute Gasteiger partial charge is 0.493 e. The van der Waals surface area contributed by atoms with Gasteiger partial charge >= 0.3 is 0 Å². The molecule has 0 radical (unpaired) electrons. The Morgan fingerprint density at radius 2 is 2.11 bits per heavy atom. The molecule has 1 atom stereocenters. The van der Waals surface area contributed by atoms with Crippen LogP contribution in [0.4, 0.5) is 0 Å². The first-order valence-electron chi connectivity index (χ1n) is 5.62. The number of methoxy groups -OCH3 is 1. The van der Waals surface area contributed by atoms with Crippen LogP contribution in [-0.2, 0) is 21.4 Å². The van der Waals surface area contributed by atoms with E-state index in [2.05, 4.69) is 0 Å². The second-order valence-electron chi connectivity index (χ2n) is 4.33. The van der Waals surface area contributed by atoms with Gasteiger partial charge in [-0.3, -0.25) is 0 Å². The molecule has 2 N–H and O–H groups in total. The topological polar surface area (TPSA) is 78.6 Å². The lowest BCUT2D eigenvalue weighted by atomic mass is 10.2. The molecule has 1 rings (SSSR count). The summed E-state index contributed by atoms with van der Waals surface area (Å²) in [6.45, 7) is 2.61. The van der Waals surface area contributed by atoms with E-state index in [9.17, 15) is 8.42 Å². The van der Waals surface area contributed by atoms with E-state index in [0.29, 0.717) is 19.0 Å². The molecular formula is C12H19NO4S. The molecule has 6 heteroatoms. The lowest BCUT2D eigenvalue weighted by molar-refractivity contribution is 0.184. The van der Waals surface area contributed by atoms with Crippen molar-refractivity contribution in [1.82, 2.24) is 0 Å². The van der Waals surface area contributed by atoms with E-state index in [1.807, 2.05) is 24.3 Å². The molecule has 0 spiro atoms. The van der Waals surface area contributed by atoms with Gasteiger partial charge in [-0.05, 0) is 17.7 Å². The van der Waals surface area contributed by atoms with Crippen molar-refractivity contribution in [2.45, 2.75) is 13.5 Å². The van der Waals surface area contributed by atoms with E-state index < -0.39 is 10.0 Å². The van der Waals surface area contributed by atoms with E-state index in [1.54, 1.807) is 14.0 Å². The second kappa shape index (κ2) is 6.72. The minimum absolute atomic E-state index is 0.0786. The van der Waals surface area contributed by atoms with Gasteiger partial charge in [-0.1, -0.05) is 19.1 Å². The molecule has 18 heavy (non-hydrogen) atoms. The first kappa shape index (κ1) is 14.9. The Morgan fingerprint density at radius 3 is 2.72 bits per heavy atom. The lowest BCUT2D eigenvalue weighted by Gasteiger charge is -2.12. The van der Waals surface area contributed by atoms with Gasteiger partial charge in [0, 0.05) is 13.0 Å². The quantitative estimate of drug-likeness (QED) is 0.808. The Labute approximate surface area is 108 Å². The standard InChI is InChI=1S/C12H19NO4S/c1-10(9-18(13,14)15)7-17-12-5-3-4-11(6-12)8-16-2/h3-6,10H,7-9H2,1-2H3,(H2,13,14,15). The number of hydrogen-bond acceptors (Lipinski definition) is 4. The van der Waals surface area contributed by atoms with E-state index in [4.69, 9.17) is 14.6 Å². The average Bonchev–Trinajstić information content (AvgIpc) is 2.25. The fraction of sp³-hybridized carbons (Fsp3) is 0.500. The predicted molar refractivity (Wildman–Crippen MR) is 69.8 cm³/mol. The summed E-state index contributed by atoms with van der Waals surface area (Å²) in [6.07, 6.45) is 0. The number of hydrogen-bond donors (Lipinski definition) is 1. The molecule has 1 aromatic rings. The molecule has 0 heterocycles. The highest BCUT2D eigenvalue weighted by Crippen LogP contribution is 2.15. The van der Waals surface area contributed by atoms with E-state index in [0.717, 1.165) is 5.56 Å². The van der Waals surface area contributed by atoms with Gasteiger partial charge in [-0.2, -0.15) is 0 Å². The molecule has 0 fully saturated rings. The molecular weight excluding hydrogens is 254 g/mol. The van der Waals surface area contributed by atoms with Crippen LogP contribution in [0.5, 0.6) is 5.75 Å². The number of nitrogens with two attached hydrogens (primary N) is 1. The van der Waals surface area contributed by atoms with Crippen molar-refractivity contribution in [2.75, 3.05) is 19.5 Å². The van der Waals surface area contributed by atoms with Gasteiger partial charge in [0.05, 0.1) is 19.0 Å².